The van der Waals surface area contributed by atoms with Crippen molar-refractivity contribution in [1.82, 2.24) is 4.98 Å². The fourth-order valence-electron chi connectivity index (χ4n) is 0.398. The van der Waals surface area contributed by atoms with Gasteiger partial charge in [0.1, 0.15) is 0 Å². The van der Waals surface area contributed by atoms with Crippen LogP contribution in [0.5, 0.6) is 0 Å². The molecular weight excluding hydrogens is 144 g/mol. The van der Waals surface area contributed by atoms with Crippen molar-refractivity contribution in [1.29, 1.82) is 0 Å². The number of aryl methyl sites for hydroxylation is 1. The third-order valence-electron chi connectivity index (χ3n) is 0.702. The van der Waals surface area contributed by atoms with Crippen LogP contribution in [0.4, 0.5) is 5.13 Å². The van der Waals surface area contributed by atoms with E-state index in [-0.39, 0.29) is 0 Å². The van der Waals surface area contributed by atoms with Crippen LogP contribution in [0.2, 0.25) is 0 Å². The number of halogens is 1. The Kier molecular flexibility index (Phi) is 1.70. The minimum Gasteiger partial charge on any atom is -0.274 e. The molecule has 0 aliphatic heterocycles. The highest BCUT2D eigenvalue weighted by atomic mass is 35.5. The summed E-state index contributed by atoms with van der Waals surface area (Å²) in [5.41, 5.74) is 0. The van der Waals surface area contributed by atoms with E-state index in [9.17, 15) is 0 Å². The molecule has 44 valence electrons. The highest BCUT2D eigenvalue weighted by Crippen LogP contribution is 2.16. The van der Waals surface area contributed by atoms with Crippen molar-refractivity contribution < 1.29 is 0 Å². The van der Waals surface area contributed by atoms with Crippen LogP contribution in [0.15, 0.2) is 6.20 Å². The molecule has 4 heteroatoms. The minimum absolute atomic E-state index is 0.754. The van der Waals surface area contributed by atoms with Crippen molar-refractivity contribution in [3.8, 4) is 0 Å². The number of anilines is 1. The summed E-state index contributed by atoms with van der Waals surface area (Å²) in [5, 5.41) is 0.754. The maximum atomic E-state index is 5.24. The van der Waals surface area contributed by atoms with Crippen molar-refractivity contribution in [2.45, 2.75) is 6.92 Å². The van der Waals surface area contributed by atoms with Crippen LogP contribution in [0.3, 0.4) is 0 Å². The Morgan fingerprint density at radius 2 is 2.62 bits per heavy atom. The molecular formula is C4H5ClN2S. The Bertz CT molecular complexity index is 174. The smallest absolute Gasteiger partial charge is 0.197 e. The van der Waals surface area contributed by atoms with Gasteiger partial charge < -0.3 is 0 Å². The predicted octanol–water partition coefficient (Wildman–Crippen LogP) is 2.02. The lowest BCUT2D eigenvalue weighted by atomic mass is 10.7. The van der Waals surface area contributed by atoms with E-state index in [0.29, 0.717) is 0 Å². The Balaban J connectivity index is 2.84. The number of hydrogen-bond acceptors (Lipinski definition) is 3. The quantitative estimate of drug-likeness (QED) is 0.617. The van der Waals surface area contributed by atoms with Gasteiger partial charge in [0.05, 0.1) is 0 Å². The number of thiazole rings is 1. The Morgan fingerprint density at radius 1 is 1.88 bits per heavy atom. The van der Waals surface area contributed by atoms with Gasteiger partial charge in [-0.05, 0) is 6.92 Å². The van der Waals surface area contributed by atoms with Crippen molar-refractivity contribution in [2.75, 3.05) is 4.84 Å². The lowest BCUT2D eigenvalue weighted by Crippen LogP contribution is -1.72. The van der Waals surface area contributed by atoms with E-state index in [2.05, 4.69) is 9.82 Å². The zero-order chi connectivity index (χ0) is 5.98. The van der Waals surface area contributed by atoms with E-state index in [1.54, 1.807) is 6.20 Å². The molecule has 1 rings (SSSR count). The molecule has 0 radical (unpaired) electrons. The van der Waals surface area contributed by atoms with Gasteiger partial charge in [-0.25, -0.2) is 4.98 Å². The molecule has 0 saturated carbocycles. The zero-order valence-electron chi connectivity index (χ0n) is 4.31. The second-order valence-corrected chi connectivity index (χ2v) is 2.79. The first-order chi connectivity index (χ1) is 3.83. The van der Waals surface area contributed by atoms with E-state index in [4.69, 9.17) is 11.8 Å². The Labute approximate surface area is 56.6 Å². The van der Waals surface area contributed by atoms with Crippen LogP contribution >= 0.6 is 23.1 Å². The molecule has 2 nitrogen and oxygen atoms in total. The molecule has 0 spiro atoms. The second-order valence-electron chi connectivity index (χ2n) is 1.37. The van der Waals surface area contributed by atoms with Gasteiger partial charge in [0.25, 0.3) is 0 Å². The SMILES string of the molecule is Cc1cnc(NCl)s1. The second kappa shape index (κ2) is 2.33. The first-order valence-corrected chi connectivity index (χ1v) is 3.31. The van der Waals surface area contributed by atoms with Gasteiger partial charge >= 0.3 is 0 Å². The fourth-order valence-corrected chi connectivity index (χ4v) is 1.12. The molecule has 0 atom stereocenters. The molecule has 1 aromatic rings. The highest BCUT2D eigenvalue weighted by Gasteiger charge is 1.91. The van der Waals surface area contributed by atoms with Crippen LogP contribution in [0.25, 0.3) is 0 Å². The predicted molar refractivity (Wildman–Crippen MR) is 36.3 cm³/mol. The fraction of sp³-hybridized carbons (Fsp3) is 0.250. The molecule has 1 heterocycles. The third kappa shape index (κ3) is 1.11. The van der Waals surface area contributed by atoms with Crippen LogP contribution in [0, 0.1) is 6.92 Å². The van der Waals surface area contributed by atoms with E-state index in [1.165, 1.54) is 11.3 Å². The average molecular weight is 149 g/mol. The van der Waals surface area contributed by atoms with Gasteiger partial charge in [-0.2, -0.15) is 0 Å². The lowest BCUT2D eigenvalue weighted by molar-refractivity contribution is 1.39. The summed E-state index contributed by atoms with van der Waals surface area (Å²) in [4.78, 5) is 7.50. The molecule has 0 bridgehead atoms. The number of hydrogen-bond donors (Lipinski definition) is 1. The maximum Gasteiger partial charge on any atom is 0.197 e. The van der Waals surface area contributed by atoms with E-state index >= 15 is 0 Å². The number of nitrogens with zero attached hydrogens (tertiary/aromatic N) is 1. The summed E-state index contributed by atoms with van der Waals surface area (Å²) >= 11 is 6.77. The summed E-state index contributed by atoms with van der Waals surface area (Å²) in [6.45, 7) is 1.98. The van der Waals surface area contributed by atoms with Gasteiger partial charge in [0.2, 0.25) is 0 Å². The van der Waals surface area contributed by atoms with E-state index in [1.807, 2.05) is 6.92 Å². The minimum atomic E-state index is 0.754. The monoisotopic (exact) mass is 148 g/mol. The third-order valence-corrected chi connectivity index (χ3v) is 1.82. The molecule has 8 heavy (non-hydrogen) atoms. The standard InChI is InChI=1S/C4H5ClN2S/c1-3-2-6-4(7-5)8-3/h2H,1H3,(H,6,7). The Hall–Kier alpha value is -0.280. The van der Waals surface area contributed by atoms with Crippen molar-refractivity contribution >= 4 is 28.2 Å². The summed E-state index contributed by atoms with van der Waals surface area (Å²) in [5.74, 6) is 0. The van der Waals surface area contributed by atoms with Crippen molar-refractivity contribution in [3.63, 3.8) is 0 Å². The van der Waals surface area contributed by atoms with Crippen LogP contribution in [-0.2, 0) is 0 Å². The van der Waals surface area contributed by atoms with Gasteiger partial charge in [-0.1, -0.05) is 0 Å². The van der Waals surface area contributed by atoms with Gasteiger partial charge in [-0.3, -0.25) is 4.84 Å². The summed E-state index contributed by atoms with van der Waals surface area (Å²) in [7, 11) is 0. The first kappa shape index (κ1) is 5.85. The highest BCUT2D eigenvalue weighted by molar-refractivity contribution is 7.15. The van der Waals surface area contributed by atoms with Crippen molar-refractivity contribution in [3.05, 3.63) is 11.1 Å². The number of aromatic nitrogens is 1. The van der Waals surface area contributed by atoms with Gasteiger partial charge in [0, 0.05) is 22.9 Å². The zero-order valence-corrected chi connectivity index (χ0v) is 5.88. The topological polar surface area (TPSA) is 24.9 Å². The summed E-state index contributed by atoms with van der Waals surface area (Å²) in [6, 6.07) is 0. The molecule has 0 aliphatic rings. The molecule has 0 amide bonds. The van der Waals surface area contributed by atoms with Gasteiger partial charge in [-0.15, -0.1) is 11.3 Å². The average Bonchev–Trinajstić information content (AvgIpc) is 2.14. The van der Waals surface area contributed by atoms with Crippen molar-refractivity contribution in [2.24, 2.45) is 0 Å². The normalized spacial score (nSPS) is 9.25. The lowest BCUT2D eigenvalue weighted by Gasteiger charge is -1.81. The van der Waals surface area contributed by atoms with Gasteiger partial charge in [0.15, 0.2) is 5.13 Å². The maximum absolute atomic E-state index is 5.24. The van der Waals surface area contributed by atoms with Crippen LogP contribution in [0.1, 0.15) is 4.88 Å². The number of nitrogens with one attached hydrogen (secondary N) is 1. The molecule has 0 saturated heterocycles. The molecule has 1 N–H and O–H groups in total. The first-order valence-electron chi connectivity index (χ1n) is 2.12. The molecule has 0 aliphatic carbocycles. The molecule has 0 unspecified atom stereocenters. The van der Waals surface area contributed by atoms with E-state index in [0.717, 1.165) is 10.0 Å². The van der Waals surface area contributed by atoms with Crippen LogP contribution in [-0.4, -0.2) is 4.98 Å². The summed E-state index contributed by atoms with van der Waals surface area (Å²) < 4.78 is 0. The Morgan fingerprint density at radius 3 is 2.88 bits per heavy atom. The molecule has 1 aromatic heterocycles. The number of rotatable bonds is 1. The molecule has 0 fully saturated rings. The molecule has 0 aromatic carbocycles. The van der Waals surface area contributed by atoms with E-state index < -0.39 is 0 Å². The summed E-state index contributed by atoms with van der Waals surface area (Å²) in [6.07, 6.45) is 1.77. The largest absolute Gasteiger partial charge is 0.274 e. The van der Waals surface area contributed by atoms with Crippen LogP contribution < -0.4 is 4.84 Å².